The highest BCUT2D eigenvalue weighted by Crippen LogP contribution is 2.16. The lowest BCUT2D eigenvalue weighted by Crippen LogP contribution is -2.31. The summed E-state index contributed by atoms with van der Waals surface area (Å²) in [7, 11) is 0. The van der Waals surface area contributed by atoms with Gasteiger partial charge in [-0.25, -0.2) is 9.97 Å². The number of likely N-dealkylation sites (tertiary alicyclic amines) is 1. The van der Waals surface area contributed by atoms with Gasteiger partial charge in [0, 0.05) is 38.6 Å². The van der Waals surface area contributed by atoms with Crippen LogP contribution < -0.4 is 4.90 Å². The van der Waals surface area contributed by atoms with Gasteiger partial charge in [-0.2, -0.15) is 0 Å². The van der Waals surface area contributed by atoms with Crippen molar-refractivity contribution in [3.8, 4) is 0 Å². The van der Waals surface area contributed by atoms with Gasteiger partial charge in [0.2, 0.25) is 5.95 Å². The van der Waals surface area contributed by atoms with E-state index in [1.54, 1.807) is 12.4 Å². The van der Waals surface area contributed by atoms with Gasteiger partial charge in [-0.3, -0.25) is 4.79 Å². The second-order valence-electron chi connectivity index (χ2n) is 5.32. The van der Waals surface area contributed by atoms with Gasteiger partial charge < -0.3 is 9.80 Å². The summed E-state index contributed by atoms with van der Waals surface area (Å²) in [5, 5.41) is 0. The van der Waals surface area contributed by atoms with E-state index in [4.69, 9.17) is 0 Å². The molecule has 19 heavy (non-hydrogen) atoms. The van der Waals surface area contributed by atoms with Crippen molar-refractivity contribution in [1.29, 1.82) is 0 Å². The number of rotatable bonds is 2. The smallest absolute Gasteiger partial charge is 0.256 e. The molecule has 3 rings (SSSR count). The highest BCUT2D eigenvalue weighted by Gasteiger charge is 2.20. The van der Waals surface area contributed by atoms with E-state index >= 15 is 0 Å². The fraction of sp³-hybridized carbons (Fsp3) is 0.643. The molecule has 1 aromatic heterocycles. The Hall–Kier alpha value is -1.65. The Bertz CT molecular complexity index is 433. The van der Waals surface area contributed by atoms with Crippen LogP contribution in [-0.4, -0.2) is 47.0 Å². The highest BCUT2D eigenvalue weighted by molar-refractivity contribution is 5.93. The molecule has 0 radical (unpaired) electrons. The molecule has 0 saturated carbocycles. The molecule has 2 fully saturated rings. The first kappa shape index (κ1) is 12.4. The van der Waals surface area contributed by atoms with Gasteiger partial charge in [0.1, 0.15) is 0 Å². The third kappa shape index (κ3) is 2.69. The van der Waals surface area contributed by atoms with Crippen molar-refractivity contribution >= 4 is 11.9 Å². The van der Waals surface area contributed by atoms with Crippen LogP contribution in [0.3, 0.4) is 0 Å². The van der Waals surface area contributed by atoms with Crippen LogP contribution in [0.1, 0.15) is 42.5 Å². The van der Waals surface area contributed by atoms with Gasteiger partial charge in [-0.15, -0.1) is 0 Å². The summed E-state index contributed by atoms with van der Waals surface area (Å²) in [5.74, 6) is 0.834. The second kappa shape index (κ2) is 5.55. The highest BCUT2D eigenvalue weighted by atomic mass is 16.2. The van der Waals surface area contributed by atoms with Crippen LogP contribution in [0.15, 0.2) is 12.4 Å². The number of carbonyl (C=O) groups is 1. The Kier molecular flexibility index (Phi) is 3.62. The van der Waals surface area contributed by atoms with E-state index in [-0.39, 0.29) is 5.91 Å². The lowest BCUT2D eigenvalue weighted by molar-refractivity contribution is 0.0792. The van der Waals surface area contributed by atoms with E-state index in [0.717, 1.165) is 45.0 Å². The molecule has 2 aliphatic heterocycles. The van der Waals surface area contributed by atoms with E-state index in [0.29, 0.717) is 5.56 Å². The minimum Gasteiger partial charge on any atom is -0.341 e. The van der Waals surface area contributed by atoms with Crippen molar-refractivity contribution in [2.45, 2.75) is 32.1 Å². The van der Waals surface area contributed by atoms with E-state index in [9.17, 15) is 4.79 Å². The number of hydrogen-bond donors (Lipinski definition) is 0. The maximum atomic E-state index is 12.2. The molecule has 0 spiro atoms. The first-order valence-electron chi connectivity index (χ1n) is 7.21. The number of piperidine rings is 1. The Morgan fingerprint density at radius 3 is 2.11 bits per heavy atom. The monoisotopic (exact) mass is 260 g/mol. The molecular formula is C14H20N4O. The third-order valence-electron chi connectivity index (χ3n) is 3.92. The Morgan fingerprint density at radius 2 is 1.47 bits per heavy atom. The molecule has 2 saturated heterocycles. The summed E-state index contributed by atoms with van der Waals surface area (Å²) in [4.78, 5) is 25.0. The molecule has 0 atom stereocenters. The molecule has 0 bridgehead atoms. The molecule has 0 aromatic carbocycles. The molecular weight excluding hydrogens is 240 g/mol. The predicted molar refractivity (Wildman–Crippen MR) is 73.2 cm³/mol. The van der Waals surface area contributed by atoms with E-state index < -0.39 is 0 Å². The number of nitrogens with zero attached hydrogens (tertiary/aromatic N) is 4. The van der Waals surface area contributed by atoms with Gasteiger partial charge in [-0.05, 0) is 32.1 Å². The Morgan fingerprint density at radius 1 is 0.895 bits per heavy atom. The molecule has 0 aliphatic carbocycles. The average molecular weight is 260 g/mol. The Labute approximate surface area is 113 Å². The summed E-state index contributed by atoms with van der Waals surface area (Å²) >= 11 is 0. The van der Waals surface area contributed by atoms with Gasteiger partial charge >= 0.3 is 0 Å². The standard InChI is InChI=1S/C14H20N4O/c19-13(17-6-4-5-7-17)12-10-15-14(16-11-12)18-8-2-1-3-9-18/h10-11H,1-9H2. The largest absolute Gasteiger partial charge is 0.341 e. The molecule has 1 amide bonds. The number of anilines is 1. The lowest BCUT2D eigenvalue weighted by atomic mass is 10.1. The topological polar surface area (TPSA) is 49.3 Å². The van der Waals surface area contributed by atoms with Crippen LogP contribution in [0.4, 0.5) is 5.95 Å². The zero-order valence-corrected chi connectivity index (χ0v) is 11.2. The summed E-state index contributed by atoms with van der Waals surface area (Å²) in [5.41, 5.74) is 0.614. The SMILES string of the molecule is O=C(c1cnc(N2CCCCC2)nc1)N1CCCC1. The summed E-state index contributed by atoms with van der Waals surface area (Å²) in [6.45, 7) is 3.79. The van der Waals surface area contributed by atoms with Gasteiger partial charge in [-0.1, -0.05) is 0 Å². The summed E-state index contributed by atoms with van der Waals surface area (Å²) in [6, 6.07) is 0. The number of carbonyl (C=O) groups excluding carboxylic acids is 1. The van der Waals surface area contributed by atoms with E-state index in [2.05, 4.69) is 14.9 Å². The van der Waals surface area contributed by atoms with Crippen LogP contribution >= 0.6 is 0 Å². The minimum atomic E-state index is 0.0719. The predicted octanol–water partition coefficient (Wildman–Crippen LogP) is 1.70. The van der Waals surface area contributed by atoms with Crippen molar-refractivity contribution in [3.63, 3.8) is 0 Å². The fourth-order valence-electron chi connectivity index (χ4n) is 2.79. The van der Waals surface area contributed by atoms with Crippen LogP contribution in [0.2, 0.25) is 0 Å². The number of aromatic nitrogens is 2. The molecule has 0 unspecified atom stereocenters. The summed E-state index contributed by atoms with van der Waals surface area (Å²) in [6.07, 6.45) is 9.28. The molecule has 5 heteroatoms. The van der Waals surface area contributed by atoms with Gasteiger partial charge in [0.25, 0.3) is 5.91 Å². The van der Waals surface area contributed by atoms with Crippen LogP contribution in [0.5, 0.6) is 0 Å². The number of hydrogen-bond acceptors (Lipinski definition) is 4. The van der Waals surface area contributed by atoms with Crippen LogP contribution in [-0.2, 0) is 0 Å². The molecule has 5 nitrogen and oxygen atoms in total. The lowest BCUT2D eigenvalue weighted by Gasteiger charge is -2.26. The quantitative estimate of drug-likeness (QED) is 0.812. The summed E-state index contributed by atoms with van der Waals surface area (Å²) < 4.78 is 0. The molecule has 3 heterocycles. The first-order valence-corrected chi connectivity index (χ1v) is 7.21. The van der Waals surface area contributed by atoms with E-state index in [1.165, 1.54) is 19.3 Å². The van der Waals surface area contributed by atoms with Crippen molar-refractivity contribution in [1.82, 2.24) is 14.9 Å². The van der Waals surface area contributed by atoms with E-state index in [1.807, 2.05) is 4.90 Å². The van der Waals surface area contributed by atoms with Crippen LogP contribution in [0, 0.1) is 0 Å². The van der Waals surface area contributed by atoms with Gasteiger partial charge in [0.05, 0.1) is 5.56 Å². The van der Waals surface area contributed by atoms with Crippen LogP contribution in [0.25, 0.3) is 0 Å². The average Bonchev–Trinajstić information content (AvgIpc) is 3.02. The van der Waals surface area contributed by atoms with Crippen molar-refractivity contribution < 1.29 is 4.79 Å². The normalized spacial score (nSPS) is 19.8. The second-order valence-corrected chi connectivity index (χ2v) is 5.32. The first-order chi connectivity index (χ1) is 9.34. The fourth-order valence-corrected chi connectivity index (χ4v) is 2.79. The molecule has 102 valence electrons. The Balaban J connectivity index is 1.69. The molecule has 0 N–H and O–H groups in total. The van der Waals surface area contributed by atoms with Crippen molar-refractivity contribution in [2.24, 2.45) is 0 Å². The van der Waals surface area contributed by atoms with Crippen molar-refractivity contribution in [3.05, 3.63) is 18.0 Å². The maximum absolute atomic E-state index is 12.2. The zero-order chi connectivity index (χ0) is 13.1. The molecule has 1 aromatic rings. The van der Waals surface area contributed by atoms with Crippen molar-refractivity contribution in [2.75, 3.05) is 31.1 Å². The minimum absolute atomic E-state index is 0.0719. The maximum Gasteiger partial charge on any atom is 0.256 e. The molecule has 2 aliphatic rings. The zero-order valence-electron chi connectivity index (χ0n) is 11.2. The van der Waals surface area contributed by atoms with Gasteiger partial charge in [0.15, 0.2) is 0 Å². The third-order valence-corrected chi connectivity index (χ3v) is 3.92. The number of amides is 1.